The maximum Gasteiger partial charge on any atom is 0.251 e. The van der Waals surface area contributed by atoms with Gasteiger partial charge < -0.3 is 10.1 Å². The third-order valence-electron chi connectivity index (χ3n) is 3.99. The van der Waals surface area contributed by atoms with Gasteiger partial charge in [0.25, 0.3) is 5.91 Å². The van der Waals surface area contributed by atoms with Crippen LogP contribution in [0.25, 0.3) is 0 Å². The molecule has 0 aromatic heterocycles. The van der Waals surface area contributed by atoms with Crippen LogP contribution in [0.1, 0.15) is 49.4 Å². The molecule has 24 heavy (non-hydrogen) atoms. The van der Waals surface area contributed by atoms with E-state index in [2.05, 4.69) is 17.0 Å². The number of unbranched alkanes of at least 4 members (excludes halogenated alkanes) is 2. The molecule has 0 bridgehead atoms. The molecule has 1 amide bonds. The van der Waals surface area contributed by atoms with E-state index >= 15 is 0 Å². The fourth-order valence-corrected chi connectivity index (χ4v) is 3.70. The Morgan fingerprint density at radius 1 is 1.33 bits per heavy atom. The first-order valence-corrected chi connectivity index (χ1v) is 10.0. The van der Waals surface area contributed by atoms with Gasteiger partial charge in [-0.15, -0.1) is 0 Å². The van der Waals surface area contributed by atoms with Crippen molar-refractivity contribution in [1.82, 2.24) is 10.0 Å². The van der Waals surface area contributed by atoms with Crippen molar-refractivity contribution in [2.24, 2.45) is 0 Å². The summed E-state index contributed by atoms with van der Waals surface area (Å²) in [4.78, 5) is 12.3. The normalized spacial score (nSPS) is 17.8. The Hall–Kier alpha value is -1.44. The van der Waals surface area contributed by atoms with E-state index in [9.17, 15) is 13.2 Å². The van der Waals surface area contributed by atoms with E-state index in [1.165, 1.54) is 12.1 Å². The van der Waals surface area contributed by atoms with Gasteiger partial charge in [0.15, 0.2) is 0 Å². The van der Waals surface area contributed by atoms with E-state index in [0.717, 1.165) is 38.7 Å². The fourth-order valence-electron chi connectivity index (χ4n) is 2.58. The van der Waals surface area contributed by atoms with Crippen molar-refractivity contribution < 1.29 is 17.9 Å². The molecular formula is C17H26N2O4S. The molecule has 1 aromatic carbocycles. The molecule has 134 valence electrons. The summed E-state index contributed by atoms with van der Waals surface area (Å²) < 4.78 is 32.6. The highest BCUT2D eigenvalue weighted by Gasteiger charge is 2.18. The van der Waals surface area contributed by atoms with Crippen LogP contribution in [0.5, 0.6) is 0 Å². The number of benzene rings is 1. The van der Waals surface area contributed by atoms with Gasteiger partial charge in [-0.05, 0) is 37.5 Å². The number of hydrogen-bond donors (Lipinski definition) is 2. The van der Waals surface area contributed by atoms with Gasteiger partial charge in [-0.1, -0.05) is 25.8 Å². The van der Waals surface area contributed by atoms with Crippen LogP contribution in [0.2, 0.25) is 0 Å². The summed E-state index contributed by atoms with van der Waals surface area (Å²) in [5, 5.41) is 2.80. The Labute approximate surface area is 144 Å². The Kier molecular flexibility index (Phi) is 7.20. The molecule has 1 aromatic rings. The molecule has 6 nitrogen and oxygen atoms in total. The number of ether oxygens (including phenoxy) is 1. The molecule has 1 fully saturated rings. The van der Waals surface area contributed by atoms with Crippen molar-refractivity contribution in [3.8, 4) is 0 Å². The lowest BCUT2D eigenvalue weighted by molar-refractivity contribution is 0.0857. The quantitative estimate of drug-likeness (QED) is 0.665. The predicted molar refractivity (Wildman–Crippen MR) is 92.5 cm³/mol. The van der Waals surface area contributed by atoms with Crippen LogP contribution in [-0.4, -0.2) is 40.1 Å². The first-order chi connectivity index (χ1) is 11.5. The van der Waals surface area contributed by atoms with E-state index in [4.69, 9.17) is 4.74 Å². The minimum absolute atomic E-state index is 0.0566. The standard InChI is InChI=1S/C17H26N2O4S/c1-2-3-4-10-19-24(21,22)16-9-5-7-14(12-16)17(20)18-13-15-8-6-11-23-15/h5,7,9,12,15,19H,2-4,6,8,10-11,13H2,1H3,(H,18,20). The molecule has 0 spiro atoms. The third-order valence-corrected chi connectivity index (χ3v) is 5.45. The van der Waals surface area contributed by atoms with Crippen LogP contribution < -0.4 is 10.0 Å². The summed E-state index contributed by atoms with van der Waals surface area (Å²) in [6.45, 7) is 3.65. The topological polar surface area (TPSA) is 84.5 Å². The molecule has 2 N–H and O–H groups in total. The number of carbonyl (C=O) groups is 1. The van der Waals surface area contributed by atoms with Gasteiger partial charge in [0, 0.05) is 25.3 Å². The summed E-state index contributed by atoms with van der Waals surface area (Å²) in [6, 6.07) is 6.11. The van der Waals surface area contributed by atoms with Crippen molar-refractivity contribution in [3.63, 3.8) is 0 Å². The first-order valence-electron chi connectivity index (χ1n) is 8.52. The van der Waals surface area contributed by atoms with Crippen LogP contribution in [0, 0.1) is 0 Å². The van der Waals surface area contributed by atoms with Crippen LogP contribution >= 0.6 is 0 Å². The van der Waals surface area contributed by atoms with E-state index < -0.39 is 10.0 Å². The molecule has 1 aliphatic rings. The molecule has 1 aliphatic heterocycles. The van der Waals surface area contributed by atoms with Crippen LogP contribution in [-0.2, 0) is 14.8 Å². The smallest absolute Gasteiger partial charge is 0.251 e. The second-order valence-corrected chi connectivity index (χ2v) is 7.74. The predicted octanol–water partition coefficient (Wildman–Crippen LogP) is 2.06. The highest BCUT2D eigenvalue weighted by molar-refractivity contribution is 7.89. The SMILES string of the molecule is CCCCCNS(=O)(=O)c1cccc(C(=O)NCC2CCCO2)c1. The van der Waals surface area contributed by atoms with Gasteiger partial charge in [-0.3, -0.25) is 4.79 Å². The second-order valence-electron chi connectivity index (χ2n) is 5.98. The van der Waals surface area contributed by atoms with Gasteiger partial charge in [0.1, 0.15) is 0 Å². The lowest BCUT2D eigenvalue weighted by Gasteiger charge is -2.12. The Balaban J connectivity index is 1.95. The Bertz CT molecular complexity index is 640. The minimum atomic E-state index is -3.58. The molecule has 7 heteroatoms. The minimum Gasteiger partial charge on any atom is -0.376 e. The molecule has 0 aliphatic carbocycles. The van der Waals surface area contributed by atoms with Crippen molar-refractivity contribution in [1.29, 1.82) is 0 Å². The van der Waals surface area contributed by atoms with Crippen LogP contribution in [0.15, 0.2) is 29.2 Å². The molecule has 0 radical (unpaired) electrons. The number of carbonyl (C=O) groups excluding carboxylic acids is 1. The van der Waals surface area contributed by atoms with Gasteiger partial charge in [-0.2, -0.15) is 0 Å². The monoisotopic (exact) mass is 354 g/mol. The highest BCUT2D eigenvalue weighted by Crippen LogP contribution is 2.13. The number of nitrogens with one attached hydrogen (secondary N) is 2. The molecular weight excluding hydrogens is 328 g/mol. The zero-order valence-electron chi connectivity index (χ0n) is 14.1. The summed E-state index contributed by atoms with van der Waals surface area (Å²) >= 11 is 0. The number of amides is 1. The van der Waals surface area contributed by atoms with Gasteiger partial charge in [-0.25, -0.2) is 13.1 Å². The lowest BCUT2D eigenvalue weighted by atomic mass is 10.2. The highest BCUT2D eigenvalue weighted by atomic mass is 32.2. The van der Waals surface area contributed by atoms with E-state index in [0.29, 0.717) is 18.7 Å². The molecule has 1 saturated heterocycles. The van der Waals surface area contributed by atoms with Crippen molar-refractivity contribution in [3.05, 3.63) is 29.8 Å². The molecule has 2 rings (SSSR count). The van der Waals surface area contributed by atoms with E-state index in [-0.39, 0.29) is 16.9 Å². The lowest BCUT2D eigenvalue weighted by Crippen LogP contribution is -2.32. The van der Waals surface area contributed by atoms with Gasteiger partial charge in [0.2, 0.25) is 10.0 Å². The van der Waals surface area contributed by atoms with Crippen molar-refractivity contribution in [2.75, 3.05) is 19.7 Å². The van der Waals surface area contributed by atoms with Gasteiger partial charge in [0.05, 0.1) is 11.0 Å². The summed E-state index contributed by atoms with van der Waals surface area (Å²) in [5.74, 6) is -0.284. The van der Waals surface area contributed by atoms with E-state index in [1.807, 2.05) is 0 Å². The fraction of sp³-hybridized carbons (Fsp3) is 0.588. The zero-order chi connectivity index (χ0) is 17.4. The zero-order valence-corrected chi connectivity index (χ0v) is 14.9. The van der Waals surface area contributed by atoms with Crippen molar-refractivity contribution in [2.45, 2.75) is 50.0 Å². The van der Waals surface area contributed by atoms with Crippen molar-refractivity contribution >= 4 is 15.9 Å². The summed E-state index contributed by atoms with van der Waals surface area (Å²) in [5.41, 5.74) is 0.337. The second kappa shape index (κ2) is 9.15. The molecule has 1 atom stereocenters. The Morgan fingerprint density at radius 2 is 2.17 bits per heavy atom. The number of sulfonamides is 1. The molecule has 1 heterocycles. The Morgan fingerprint density at radius 3 is 2.88 bits per heavy atom. The molecule has 1 unspecified atom stereocenters. The average molecular weight is 354 g/mol. The average Bonchev–Trinajstić information content (AvgIpc) is 3.10. The summed E-state index contributed by atoms with van der Waals surface area (Å²) in [6.07, 6.45) is 4.82. The van der Waals surface area contributed by atoms with Crippen LogP contribution in [0.3, 0.4) is 0 Å². The molecule has 0 saturated carbocycles. The van der Waals surface area contributed by atoms with Gasteiger partial charge >= 0.3 is 0 Å². The number of hydrogen-bond acceptors (Lipinski definition) is 4. The third kappa shape index (κ3) is 5.58. The summed E-state index contributed by atoms with van der Waals surface area (Å²) in [7, 11) is -3.58. The largest absolute Gasteiger partial charge is 0.376 e. The number of rotatable bonds is 9. The van der Waals surface area contributed by atoms with E-state index in [1.54, 1.807) is 12.1 Å². The maximum absolute atomic E-state index is 12.3. The van der Waals surface area contributed by atoms with Crippen LogP contribution in [0.4, 0.5) is 0 Å². The first kappa shape index (κ1) is 18.9. The maximum atomic E-state index is 12.3.